The quantitative estimate of drug-likeness (QED) is 0.651. The van der Waals surface area contributed by atoms with Gasteiger partial charge in [-0.05, 0) is 22.9 Å². The molecule has 1 aromatic heterocycles. The fraction of sp³-hybridized carbons (Fsp3) is 0.286. The molecule has 2 nitrogen and oxygen atoms in total. The first-order valence-corrected chi connectivity index (χ1v) is 3.69. The number of methoxy groups -OCH3 is 1. The number of aryl methyl sites for hydroxylation is 1. The lowest BCUT2D eigenvalue weighted by Crippen LogP contribution is -1.87. The summed E-state index contributed by atoms with van der Waals surface area (Å²) < 4.78 is 5.86. The zero-order valence-electron chi connectivity index (χ0n) is 5.89. The molecule has 0 fully saturated rings. The Hall–Kier alpha value is -0.570. The van der Waals surface area contributed by atoms with E-state index in [2.05, 4.69) is 20.9 Å². The predicted molar refractivity (Wildman–Crippen MR) is 43.2 cm³/mol. The van der Waals surface area contributed by atoms with E-state index in [0.29, 0.717) is 0 Å². The topological polar surface area (TPSA) is 22.1 Å². The molecule has 0 aliphatic rings. The molecule has 0 bridgehead atoms. The van der Waals surface area contributed by atoms with Crippen LogP contribution in [0.5, 0.6) is 5.75 Å². The van der Waals surface area contributed by atoms with Crippen LogP contribution in [0.25, 0.3) is 0 Å². The molecular weight excluding hydrogens is 194 g/mol. The van der Waals surface area contributed by atoms with Gasteiger partial charge < -0.3 is 4.74 Å². The molecule has 0 N–H and O–H groups in total. The van der Waals surface area contributed by atoms with Gasteiger partial charge in [0.25, 0.3) is 0 Å². The van der Waals surface area contributed by atoms with E-state index >= 15 is 0 Å². The number of ether oxygens (including phenoxy) is 1. The van der Waals surface area contributed by atoms with E-state index in [1.807, 2.05) is 13.0 Å². The molecule has 0 spiro atoms. The van der Waals surface area contributed by atoms with Gasteiger partial charge in [-0.2, -0.15) is 0 Å². The van der Waals surface area contributed by atoms with E-state index in [4.69, 9.17) is 4.74 Å². The summed E-state index contributed by atoms with van der Waals surface area (Å²) in [5, 5.41) is 0. The first-order chi connectivity index (χ1) is 4.74. The lowest BCUT2D eigenvalue weighted by Gasteiger charge is -2.02. The smallest absolute Gasteiger partial charge is 0.126 e. The summed E-state index contributed by atoms with van der Waals surface area (Å²) in [7, 11) is 1.65. The Kier molecular flexibility index (Phi) is 2.27. The highest BCUT2D eigenvalue weighted by Gasteiger charge is 1.97. The first kappa shape index (κ1) is 7.54. The van der Waals surface area contributed by atoms with Crippen molar-refractivity contribution < 1.29 is 4.74 Å². The Morgan fingerprint density at radius 3 is 2.80 bits per heavy atom. The Bertz CT molecular complexity index is 237. The minimum atomic E-state index is 0.801. The third kappa shape index (κ3) is 1.48. The maximum atomic E-state index is 5.06. The summed E-state index contributed by atoms with van der Waals surface area (Å²) in [4.78, 5) is 4.02. The van der Waals surface area contributed by atoms with Gasteiger partial charge in [-0.1, -0.05) is 0 Å². The van der Waals surface area contributed by atoms with Crippen molar-refractivity contribution in [1.82, 2.24) is 4.98 Å². The molecule has 0 unspecified atom stereocenters. The Balaban J connectivity index is 3.09. The molecule has 1 heterocycles. The van der Waals surface area contributed by atoms with Crippen molar-refractivity contribution >= 4 is 15.9 Å². The third-order valence-electron chi connectivity index (χ3n) is 1.24. The Morgan fingerprint density at radius 2 is 2.30 bits per heavy atom. The molecule has 0 amide bonds. The van der Waals surface area contributed by atoms with Crippen LogP contribution in [-0.4, -0.2) is 12.1 Å². The average Bonchev–Trinajstić information content (AvgIpc) is 1.94. The second-order valence-electron chi connectivity index (χ2n) is 1.98. The lowest BCUT2D eigenvalue weighted by molar-refractivity contribution is 0.410. The fourth-order valence-electron chi connectivity index (χ4n) is 0.701. The van der Waals surface area contributed by atoms with Gasteiger partial charge in [-0.15, -0.1) is 0 Å². The van der Waals surface area contributed by atoms with Crippen LogP contribution in [0, 0.1) is 6.92 Å². The number of hydrogen-bond donors (Lipinski definition) is 0. The van der Waals surface area contributed by atoms with Gasteiger partial charge in [0.1, 0.15) is 10.4 Å². The van der Waals surface area contributed by atoms with Crippen molar-refractivity contribution in [2.45, 2.75) is 6.92 Å². The summed E-state index contributed by atoms with van der Waals surface area (Å²) in [5.41, 5.74) is 1.05. The Labute approximate surface area is 68.4 Å². The van der Waals surface area contributed by atoms with Crippen molar-refractivity contribution in [3.63, 3.8) is 0 Å². The van der Waals surface area contributed by atoms with Crippen molar-refractivity contribution in [3.05, 3.63) is 22.4 Å². The molecule has 0 radical (unpaired) electrons. The molecule has 54 valence electrons. The van der Waals surface area contributed by atoms with Gasteiger partial charge in [0, 0.05) is 17.8 Å². The van der Waals surface area contributed by atoms with Gasteiger partial charge in [0.2, 0.25) is 0 Å². The van der Waals surface area contributed by atoms with Crippen molar-refractivity contribution in [1.29, 1.82) is 0 Å². The van der Waals surface area contributed by atoms with Gasteiger partial charge in [-0.25, -0.2) is 4.98 Å². The third-order valence-corrected chi connectivity index (χ3v) is 1.67. The summed E-state index contributed by atoms with van der Waals surface area (Å²) in [6, 6.07) is 1.84. The van der Waals surface area contributed by atoms with Crippen molar-refractivity contribution in [2.75, 3.05) is 7.11 Å². The highest BCUT2D eigenvalue weighted by atomic mass is 79.9. The number of rotatable bonds is 1. The molecule has 0 saturated heterocycles. The van der Waals surface area contributed by atoms with Gasteiger partial charge in [-0.3, -0.25) is 0 Å². The van der Waals surface area contributed by atoms with Crippen LogP contribution in [-0.2, 0) is 0 Å². The lowest BCUT2D eigenvalue weighted by atomic mass is 10.3. The molecule has 0 aliphatic heterocycles. The van der Waals surface area contributed by atoms with Gasteiger partial charge in [0.15, 0.2) is 0 Å². The van der Waals surface area contributed by atoms with E-state index < -0.39 is 0 Å². The van der Waals surface area contributed by atoms with Crippen LogP contribution in [0.1, 0.15) is 5.56 Å². The highest BCUT2D eigenvalue weighted by Crippen LogP contribution is 2.19. The zero-order chi connectivity index (χ0) is 7.56. The van der Waals surface area contributed by atoms with Crippen LogP contribution in [0.15, 0.2) is 16.9 Å². The molecule has 1 aromatic rings. The summed E-state index contributed by atoms with van der Waals surface area (Å²) in [5.74, 6) is 0.863. The molecular formula is C7H8BrNO. The maximum absolute atomic E-state index is 5.06. The molecule has 3 heteroatoms. The second-order valence-corrected chi connectivity index (χ2v) is 2.79. The number of nitrogens with zero attached hydrogens (tertiary/aromatic N) is 1. The summed E-state index contributed by atoms with van der Waals surface area (Å²) >= 11 is 3.25. The SMILES string of the molecule is COc1cc(Br)ncc1C. The fourth-order valence-corrected chi connectivity index (χ4v) is 1.01. The van der Waals surface area contributed by atoms with E-state index in [9.17, 15) is 0 Å². The largest absolute Gasteiger partial charge is 0.496 e. The molecule has 0 aromatic carbocycles. The second kappa shape index (κ2) is 3.01. The molecule has 0 atom stereocenters. The number of aromatic nitrogens is 1. The summed E-state index contributed by atoms with van der Waals surface area (Å²) in [6.07, 6.45) is 1.77. The average molecular weight is 202 g/mol. The standard InChI is InChI=1S/C7H8BrNO/c1-5-4-9-7(8)3-6(5)10-2/h3-4H,1-2H3. The normalized spacial score (nSPS) is 9.50. The molecule has 0 saturated carbocycles. The molecule has 1 rings (SSSR count). The Morgan fingerprint density at radius 1 is 1.60 bits per heavy atom. The van der Waals surface area contributed by atoms with E-state index in [-0.39, 0.29) is 0 Å². The number of halogens is 1. The summed E-state index contributed by atoms with van der Waals surface area (Å²) in [6.45, 7) is 1.96. The van der Waals surface area contributed by atoms with E-state index in [0.717, 1.165) is 15.9 Å². The van der Waals surface area contributed by atoms with E-state index in [1.165, 1.54) is 0 Å². The predicted octanol–water partition coefficient (Wildman–Crippen LogP) is 2.16. The number of hydrogen-bond acceptors (Lipinski definition) is 2. The number of pyridine rings is 1. The van der Waals surface area contributed by atoms with Crippen LogP contribution >= 0.6 is 15.9 Å². The van der Waals surface area contributed by atoms with Gasteiger partial charge in [0.05, 0.1) is 7.11 Å². The molecule has 0 aliphatic carbocycles. The van der Waals surface area contributed by atoms with Crippen LogP contribution in [0.3, 0.4) is 0 Å². The minimum absolute atomic E-state index is 0.801. The highest BCUT2D eigenvalue weighted by molar-refractivity contribution is 9.10. The van der Waals surface area contributed by atoms with Crippen LogP contribution in [0.4, 0.5) is 0 Å². The van der Waals surface area contributed by atoms with E-state index in [1.54, 1.807) is 13.3 Å². The van der Waals surface area contributed by atoms with Crippen molar-refractivity contribution in [2.24, 2.45) is 0 Å². The molecule has 10 heavy (non-hydrogen) atoms. The van der Waals surface area contributed by atoms with Gasteiger partial charge >= 0.3 is 0 Å². The zero-order valence-corrected chi connectivity index (χ0v) is 7.47. The van der Waals surface area contributed by atoms with Crippen LogP contribution in [0.2, 0.25) is 0 Å². The van der Waals surface area contributed by atoms with Crippen molar-refractivity contribution in [3.8, 4) is 5.75 Å². The maximum Gasteiger partial charge on any atom is 0.126 e. The first-order valence-electron chi connectivity index (χ1n) is 2.90. The van der Waals surface area contributed by atoms with Crippen LogP contribution < -0.4 is 4.74 Å². The minimum Gasteiger partial charge on any atom is -0.496 e. The monoisotopic (exact) mass is 201 g/mol.